The van der Waals surface area contributed by atoms with Crippen LogP contribution in [0.2, 0.25) is 0 Å². The summed E-state index contributed by atoms with van der Waals surface area (Å²) in [6.07, 6.45) is 3.40. The second kappa shape index (κ2) is 7.69. The number of amides is 1. The molecule has 1 amide bonds. The van der Waals surface area contributed by atoms with Crippen LogP contribution in [0.15, 0.2) is 24.3 Å². The van der Waals surface area contributed by atoms with E-state index < -0.39 is 0 Å². The Bertz CT molecular complexity index is 526. The molecule has 5 nitrogen and oxygen atoms in total. The Morgan fingerprint density at radius 1 is 1.33 bits per heavy atom. The minimum absolute atomic E-state index is 0.199. The van der Waals surface area contributed by atoms with Gasteiger partial charge in [0.15, 0.2) is 11.5 Å². The van der Waals surface area contributed by atoms with Gasteiger partial charge < -0.3 is 20.5 Å². The van der Waals surface area contributed by atoms with Crippen molar-refractivity contribution in [1.29, 1.82) is 0 Å². The molecule has 0 saturated heterocycles. The maximum Gasteiger partial charge on any atom is 0.220 e. The number of nitrogens with one attached hydrogen (secondary N) is 1. The normalized spacial score (nSPS) is 14.4. The average molecular weight is 290 g/mol. The van der Waals surface area contributed by atoms with Crippen LogP contribution in [0.25, 0.3) is 5.57 Å². The first-order valence-corrected chi connectivity index (χ1v) is 7.28. The standard InChI is InChI=1S/C16H22N2O3/c1-2-20-15-11-13(12-5-8-18-9-6-12)3-4-14(15)21-10-7-16(17)19/h3-5,11,18H,2,6-10H2,1H3,(H2,17,19). The number of rotatable bonds is 7. The Morgan fingerprint density at radius 3 is 2.86 bits per heavy atom. The van der Waals surface area contributed by atoms with E-state index in [9.17, 15) is 4.79 Å². The first kappa shape index (κ1) is 15.4. The molecule has 1 heterocycles. The van der Waals surface area contributed by atoms with E-state index in [1.54, 1.807) is 0 Å². The van der Waals surface area contributed by atoms with Crippen molar-refractivity contribution in [1.82, 2.24) is 5.32 Å². The van der Waals surface area contributed by atoms with Crippen molar-refractivity contribution in [2.24, 2.45) is 5.73 Å². The van der Waals surface area contributed by atoms with E-state index in [0.717, 1.165) is 25.1 Å². The molecule has 114 valence electrons. The van der Waals surface area contributed by atoms with Crippen molar-refractivity contribution < 1.29 is 14.3 Å². The molecule has 1 aliphatic rings. The van der Waals surface area contributed by atoms with Gasteiger partial charge in [-0.05, 0) is 43.2 Å². The van der Waals surface area contributed by atoms with Crippen LogP contribution < -0.4 is 20.5 Å². The third-order valence-corrected chi connectivity index (χ3v) is 3.28. The lowest BCUT2D eigenvalue weighted by Gasteiger charge is -2.17. The summed E-state index contributed by atoms with van der Waals surface area (Å²) in [5.74, 6) is 0.986. The van der Waals surface area contributed by atoms with Crippen LogP contribution in [0.5, 0.6) is 11.5 Å². The summed E-state index contributed by atoms with van der Waals surface area (Å²) in [6, 6.07) is 5.92. The molecular weight excluding hydrogens is 268 g/mol. The van der Waals surface area contributed by atoms with Crippen LogP contribution in [0.3, 0.4) is 0 Å². The number of benzene rings is 1. The van der Waals surface area contributed by atoms with Crippen LogP contribution in [0.1, 0.15) is 25.3 Å². The molecule has 0 fully saturated rings. The molecule has 21 heavy (non-hydrogen) atoms. The summed E-state index contributed by atoms with van der Waals surface area (Å²) in [6.45, 7) is 4.66. The Balaban J connectivity index is 2.13. The molecule has 0 spiro atoms. The Morgan fingerprint density at radius 2 is 2.19 bits per heavy atom. The van der Waals surface area contributed by atoms with Crippen LogP contribution in [0.4, 0.5) is 0 Å². The molecular formula is C16H22N2O3. The van der Waals surface area contributed by atoms with Crippen LogP contribution in [-0.2, 0) is 4.79 Å². The van der Waals surface area contributed by atoms with Crippen LogP contribution in [0, 0.1) is 0 Å². The van der Waals surface area contributed by atoms with E-state index in [0.29, 0.717) is 18.1 Å². The zero-order valence-electron chi connectivity index (χ0n) is 12.4. The van der Waals surface area contributed by atoms with E-state index in [1.165, 1.54) is 5.57 Å². The fourth-order valence-corrected chi connectivity index (χ4v) is 2.24. The molecule has 1 aromatic carbocycles. The first-order chi connectivity index (χ1) is 10.2. The molecule has 0 radical (unpaired) electrons. The molecule has 2 rings (SSSR count). The lowest BCUT2D eigenvalue weighted by molar-refractivity contribution is -0.118. The van der Waals surface area contributed by atoms with Gasteiger partial charge in [0.05, 0.1) is 19.6 Å². The van der Waals surface area contributed by atoms with Gasteiger partial charge in [-0.1, -0.05) is 12.1 Å². The van der Waals surface area contributed by atoms with Gasteiger partial charge in [-0.25, -0.2) is 0 Å². The molecule has 5 heteroatoms. The highest BCUT2D eigenvalue weighted by Crippen LogP contribution is 2.32. The van der Waals surface area contributed by atoms with E-state index in [-0.39, 0.29) is 18.9 Å². The van der Waals surface area contributed by atoms with Gasteiger partial charge in [0.25, 0.3) is 0 Å². The maximum atomic E-state index is 10.8. The van der Waals surface area contributed by atoms with Crippen molar-refractivity contribution in [3.8, 4) is 11.5 Å². The summed E-state index contributed by atoms with van der Waals surface area (Å²) in [5.41, 5.74) is 7.58. The predicted molar refractivity (Wildman–Crippen MR) is 82.4 cm³/mol. The van der Waals surface area contributed by atoms with Gasteiger partial charge >= 0.3 is 0 Å². The predicted octanol–water partition coefficient (Wildman–Crippen LogP) is 1.72. The second-order valence-corrected chi connectivity index (χ2v) is 4.84. The largest absolute Gasteiger partial charge is 0.490 e. The number of hydrogen-bond acceptors (Lipinski definition) is 4. The third-order valence-electron chi connectivity index (χ3n) is 3.28. The summed E-state index contributed by atoms with van der Waals surface area (Å²) in [5, 5.41) is 3.30. The van der Waals surface area contributed by atoms with Crippen LogP contribution >= 0.6 is 0 Å². The van der Waals surface area contributed by atoms with Gasteiger partial charge in [0, 0.05) is 6.54 Å². The highest BCUT2D eigenvalue weighted by Gasteiger charge is 2.11. The van der Waals surface area contributed by atoms with Crippen molar-refractivity contribution in [2.45, 2.75) is 19.8 Å². The Kier molecular flexibility index (Phi) is 5.63. The van der Waals surface area contributed by atoms with Crippen molar-refractivity contribution >= 4 is 11.5 Å². The minimum atomic E-state index is -0.371. The zero-order chi connectivity index (χ0) is 15.1. The number of nitrogens with two attached hydrogens (primary N) is 1. The molecule has 1 aromatic rings. The lowest BCUT2D eigenvalue weighted by Crippen LogP contribution is -2.20. The smallest absolute Gasteiger partial charge is 0.220 e. The SMILES string of the molecule is CCOc1cc(C2=CCNCC2)ccc1OCCC(N)=O. The number of carbonyl (C=O) groups is 1. The minimum Gasteiger partial charge on any atom is -0.490 e. The van der Waals surface area contributed by atoms with Gasteiger partial charge in [0.2, 0.25) is 5.91 Å². The quantitative estimate of drug-likeness (QED) is 0.802. The fraction of sp³-hybridized carbons (Fsp3) is 0.438. The summed E-state index contributed by atoms with van der Waals surface area (Å²) >= 11 is 0. The van der Waals surface area contributed by atoms with E-state index in [2.05, 4.69) is 11.4 Å². The average Bonchev–Trinajstić information content (AvgIpc) is 2.49. The third kappa shape index (κ3) is 4.49. The molecule has 0 unspecified atom stereocenters. The van der Waals surface area contributed by atoms with Gasteiger partial charge in [-0.15, -0.1) is 0 Å². The van der Waals surface area contributed by atoms with Gasteiger partial charge in [-0.3, -0.25) is 4.79 Å². The highest BCUT2D eigenvalue weighted by atomic mass is 16.5. The van der Waals surface area contributed by atoms with Crippen molar-refractivity contribution in [3.05, 3.63) is 29.8 Å². The summed E-state index contributed by atoms with van der Waals surface area (Å²) in [4.78, 5) is 10.8. The molecule has 0 atom stereocenters. The number of hydrogen-bond donors (Lipinski definition) is 2. The monoisotopic (exact) mass is 290 g/mol. The maximum absolute atomic E-state index is 10.8. The van der Waals surface area contributed by atoms with Crippen molar-refractivity contribution in [2.75, 3.05) is 26.3 Å². The zero-order valence-corrected chi connectivity index (χ0v) is 12.4. The number of carbonyl (C=O) groups excluding carboxylic acids is 1. The first-order valence-electron chi connectivity index (χ1n) is 7.28. The molecule has 1 aliphatic heterocycles. The number of ether oxygens (including phenoxy) is 2. The molecule has 0 aliphatic carbocycles. The van der Waals surface area contributed by atoms with Gasteiger partial charge in [0.1, 0.15) is 0 Å². The van der Waals surface area contributed by atoms with E-state index >= 15 is 0 Å². The summed E-state index contributed by atoms with van der Waals surface area (Å²) in [7, 11) is 0. The molecule has 0 aromatic heterocycles. The highest BCUT2D eigenvalue weighted by molar-refractivity contribution is 5.73. The Labute approximate surface area is 125 Å². The topological polar surface area (TPSA) is 73.6 Å². The van der Waals surface area contributed by atoms with Crippen molar-refractivity contribution in [3.63, 3.8) is 0 Å². The number of primary amides is 1. The Hall–Kier alpha value is -2.01. The molecule has 3 N–H and O–H groups in total. The van der Waals surface area contributed by atoms with E-state index in [1.807, 2.05) is 25.1 Å². The molecule has 0 bridgehead atoms. The van der Waals surface area contributed by atoms with Crippen LogP contribution in [-0.4, -0.2) is 32.2 Å². The summed E-state index contributed by atoms with van der Waals surface area (Å²) < 4.78 is 11.2. The lowest BCUT2D eigenvalue weighted by atomic mass is 10.00. The van der Waals surface area contributed by atoms with Gasteiger partial charge in [-0.2, -0.15) is 0 Å². The van der Waals surface area contributed by atoms with E-state index in [4.69, 9.17) is 15.2 Å². The fourth-order valence-electron chi connectivity index (χ4n) is 2.24. The molecule has 0 saturated carbocycles. The second-order valence-electron chi connectivity index (χ2n) is 4.84.